The minimum Gasteiger partial charge on any atom is -0.343 e. The molecule has 0 saturated heterocycles. The van der Waals surface area contributed by atoms with Gasteiger partial charge >= 0.3 is 0 Å². The number of rotatable bonds is 6. The van der Waals surface area contributed by atoms with Gasteiger partial charge in [0.05, 0.1) is 6.54 Å². The van der Waals surface area contributed by atoms with E-state index in [1.54, 1.807) is 4.90 Å². The van der Waals surface area contributed by atoms with Gasteiger partial charge in [0.2, 0.25) is 5.91 Å². The number of halogens is 1. The summed E-state index contributed by atoms with van der Waals surface area (Å²) in [5.41, 5.74) is 1.35. The summed E-state index contributed by atoms with van der Waals surface area (Å²) in [4.78, 5) is 26.1. The SMILES string of the molecule is CC(C)N(Cc1ccccc1)C(=O)CNC(=O)c1ccc(F)cc1. The second-order valence-electron chi connectivity index (χ2n) is 5.79. The molecule has 0 heterocycles. The molecule has 0 fully saturated rings. The van der Waals surface area contributed by atoms with E-state index in [0.29, 0.717) is 12.1 Å². The smallest absolute Gasteiger partial charge is 0.251 e. The van der Waals surface area contributed by atoms with E-state index in [1.807, 2.05) is 44.2 Å². The predicted molar refractivity (Wildman–Crippen MR) is 90.9 cm³/mol. The Kier molecular flexibility index (Phi) is 6.07. The number of carbonyl (C=O) groups excluding carboxylic acids is 2. The predicted octanol–water partition coefficient (Wildman–Crippen LogP) is 2.99. The van der Waals surface area contributed by atoms with Crippen molar-refractivity contribution in [1.82, 2.24) is 10.2 Å². The van der Waals surface area contributed by atoms with Gasteiger partial charge < -0.3 is 10.2 Å². The molecule has 0 aliphatic carbocycles. The van der Waals surface area contributed by atoms with Crippen molar-refractivity contribution in [2.24, 2.45) is 0 Å². The molecule has 0 spiro atoms. The first kappa shape index (κ1) is 17.7. The quantitative estimate of drug-likeness (QED) is 0.886. The van der Waals surface area contributed by atoms with Crippen LogP contribution in [0, 0.1) is 5.82 Å². The number of hydrogen-bond donors (Lipinski definition) is 1. The lowest BCUT2D eigenvalue weighted by atomic mass is 10.2. The summed E-state index contributed by atoms with van der Waals surface area (Å²) < 4.78 is 12.9. The molecule has 0 aliphatic rings. The Balaban J connectivity index is 1.95. The van der Waals surface area contributed by atoms with Crippen LogP contribution in [0.25, 0.3) is 0 Å². The monoisotopic (exact) mass is 328 g/mol. The van der Waals surface area contributed by atoms with Gasteiger partial charge in [0.1, 0.15) is 5.82 Å². The van der Waals surface area contributed by atoms with E-state index in [-0.39, 0.29) is 18.5 Å². The zero-order valence-corrected chi connectivity index (χ0v) is 13.8. The molecule has 0 atom stereocenters. The van der Waals surface area contributed by atoms with Crippen molar-refractivity contribution in [3.63, 3.8) is 0 Å². The lowest BCUT2D eigenvalue weighted by Crippen LogP contribution is -2.43. The van der Waals surface area contributed by atoms with Gasteiger partial charge in [0.25, 0.3) is 5.91 Å². The molecule has 0 aromatic heterocycles. The molecule has 5 heteroatoms. The average Bonchev–Trinajstić information content (AvgIpc) is 2.58. The molecule has 0 radical (unpaired) electrons. The molecule has 2 amide bonds. The van der Waals surface area contributed by atoms with Gasteiger partial charge in [-0.2, -0.15) is 0 Å². The number of nitrogens with one attached hydrogen (secondary N) is 1. The highest BCUT2D eigenvalue weighted by Gasteiger charge is 2.18. The zero-order valence-electron chi connectivity index (χ0n) is 13.8. The van der Waals surface area contributed by atoms with E-state index in [2.05, 4.69) is 5.32 Å². The Morgan fingerprint density at radius 1 is 1.04 bits per heavy atom. The van der Waals surface area contributed by atoms with Crippen LogP contribution in [0.15, 0.2) is 54.6 Å². The zero-order chi connectivity index (χ0) is 17.5. The van der Waals surface area contributed by atoms with Crippen LogP contribution in [0.5, 0.6) is 0 Å². The summed E-state index contributed by atoms with van der Waals surface area (Å²) in [7, 11) is 0. The van der Waals surface area contributed by atoms with E-state index >= 15 is 0 Å². The number of hydrogen-bond acceptors (Lipinski definition) is 2. The van der Waals surface area contributed by atoms with Crippen molar-refractivity contribution in [3.8, 4) is 0 Å². The lowest BCUT2D eigenvalue weighted by Gasteiger charge is -2.27. The van der Waals surface area contributed by atoms with Gasteiger partial charge in [-0.05, 0) is 43.7 Å². The van der Waals surface area contributed by atoms with Crippen LogP contribution in [0.3, 0.4) is 0 Å². The summed E-state index contributed by atoms with van der Waals surface area (Å²) in [6, 6.07) is 14.9. The third-order valence-electron chi connectivity index (χ3n) is 3.65. The molecule has 24 heavy (non-hydrogen) atoms. The van der Waals surface area contributed by atoms with E-state index in [9.17, 15) is 14.0 Å². The molecule has 0 bridgehead atoms. The van der Waals surface area contributed by atoms with Gasteiger partial charge in [-0.1, -0.05) is 30.3 Å². The molecule has 126 valence electrons. The average molecular weight is 328 g/mol. The van der Waals surface area contributed by atoms with Crippen molar-refractivity contribution in [2.45, 2.75) is 26.4 Å². The number of carbonyl (C=O) groups is 2. The highest BCUT2D eigenvalue weighted by molar-refractivity contribution is 5.96. The van der Waals surface area contributed by atoms with E-state index in [1.165, 1.54) is 24.3 Å². The van der Waals surface area contributed by atoms with Crippen LogP contribution in [-0.4, -0.2) is 29.3 Å². The van der Waals surface area contributed by atoms with Crippen molar-refractivity contribution >= 4 is 11.8 Å². The number of amides is 2. The minimum atomic E-state index is -0.406. The van der Waals surface area contributed by atoms with Crippen LogP contribution in [0.2, 0.25) is 0 Å². The van der Waals surface area contributed by atoms with Crippen molar-refractivity contribution in [3.05, 3.63) is 71.5 Å². The summed E-state index contributed by atoms with van der Waals surface area (Å²) in [5.74, 6) is -0.965. The van der Waals surface area contributed by atoms with Gasteiger partial charge in [-0.25, -0.2) is 4.39 Å². The summed E-state index contributed by atoms with van der Waals surface area (Å²) in [6.45, 7) is 4.26. The van der Waals surface area contributed by atoms with Crippen LogP contribution < -0.4 is 5.32 Å². The van der Waals surface area contributed by atoms with Crippen molar-refractivity contribution in [1.29, 1.82) is 0 Å². The summed E-state index contributed by atoms with van der Waals surface area (Å²) >= 11 is 0. The van der Waals surface area contributed by atoms with E-state index in [0.717, 1.165) is 5.56 Å². The standard InChI is InChI=1S/C19H21FN2O2/c1-14(2)22(13-15-6-4-3-5-7-15)18(23)12-21-19(24)16-8-10-17(20)11-9-16/h3-11,14H,12-13H2,1-2H3,(H,21,24). The lowest BCUT2D eigenvalue weighted by molar-refractivity contribution is -0.132. The molecular weight excluding hydrogens is 307 g/mol. The van der Waals surface area contributed by atoms with Crippen molar-refractivity contribution in [2.75, 3.05) is 6.54 Å². The molecule has 2 aromatic rings. The third-order valence-corrected chi connectivity index (χ3v) is 3.65. The Morgan fingerprint density at radius 2 is 1.67 bits per heavy atom. The Hall–Kier alpha value is -2.69. The van der Waals surface area contributed by atoms with E-state index in [4.69, 9.17) is 0 Å². The molecule has 0 saturated carbocycles. The van der Waals surface area contributed by atoms with Gasteiger partial charge in [0, 0.05) is 18.2 Å². The fraction of sp³-hybridized carbons (Fsp3) is 0.263. The Labute approximate surface area is 141 Å². The van der Waals surface area contributed by atoms with Crippen LogP contribution in [0.1, 0.15) is 29.8 Å². The minimum absolute atomic E-state index is 0.0143. The van der Waals surface area contributed by atoms with Crippen molar-refractivity contribution < 1.29 is 14.0 Å². The van der Waals surface area contributed by atoms with Crippen LogP contribution >= 0.6 is 0 Å². The summed E-state index contributed by atoms with van der Waals surface area (Å²) in [6.07, 6.45) is 0. The maximum atomic E-state index is 12.9. The van der Waals surface area contributed by atoms with Gasteiger partial charge in [-0.3, -0.25) is 9.59 Å². The van der Waals surface area contributed by atoms with Crippen LogP contribution in [-0.2, 0) is 11.3 Å². The fourth-order valence-corrected chi connectivity index (χ4v) is 2.30. The molecular formula is C19H21FN2O2. The maximum Gasteiger partial charge on any atom is 0.251 e. The Bertz CT molecular complexity index is 684. The highest BCUT2D eigenvalue weighted by atomic mass is 19.1. The first-order valence-corrected chi connectivity index (χ1v) is 7.84. The topological polar surface area (TPSA) is 49.4 Å². The molecule has 2 rings (SSSR count). The normalized spacial score (nSPS) is 10.5. The second-order valence-corrected chi connectivity index (χ2v) is 5.79. The summed E-state index contributed by atoms with van der Waals surface area (Å²) in [5, 5.41) is 2.59. The number of benzene rings is 2. The largest absolute Gasteiger partial charge is 0.343 e. The highest BCUT2D eigenvalue weighted by Crippen LogP contribution is 2.08. The molecule has 1 N–H and O–H groups in total. The van der Waals surface area contributed by atoms with Gasteiger partial charge in [-0.15, -0.1) is 0 Å². The molecule has 4 nitrogen and oxygen atoms in total. The van der Waals surface area contributed by atoms with E-state index < -0.39 is 11.7 Å². The molecule has 0 aliphatic heterocycles. The first-order chi connectivity index (χ1) is 11.5. The molecule has 0 unspecified atom stereocenters. The third kappa shape index (κ3) is 4.91. The molecule has 2 aromatic carbocycles. The maximum absolute atomic E-state index is 12.9. The first-order valence-electron chi connectivity index (χ1n) is 7.84. The Morgan fingerprint density at radius 3 is 2.25 bits per heavy atom. The number of nitrogens with zero attached hydrogens (tertiary/aromatic N) is 1. The fourth-order valence-electron chi connectivity index (χ4n) is 2.30. The van der Waals surface area contributed by atoms with Gasteiger partial charge in [0.15, 0.2) is 0 Å². The van der Waals surface area contributed by atoms with Crippen LogP contribution in [0.4, 0.5) is 4.39 Å². The second kappa shape index (κ2) is 8.24.